The summed E-state index contributed by atoms with van der Waals surface area (Å²) in [5.74, 6) is 0.354. The van der Waals surface area contributed by atoms with E-state index in [4.69, 9.17) is 4.74 Å². The van der Waals surface area contributed by atoms with E-state index in [0.717, 1.165) is 16.9 Å². The van der Waals surface area contributed by atoms with Crippen molar-refractivity contribution in [1.82, 2.24) is 10.6 Å². The number of hydrogen-bond donors (Lipinski definition) is 2. The zero-order valence-electron chi connectivity index (χ0n) is 15.3. The molecular formula is C21H26N2O3. The molecule has 1 unspecified atom stereocenters. The molecule has 0 aliphatic rings. The molecule has 0 heterocycles. The summed E-state index contributed by atoms with van der Waals surface area (Å²) in [6, 6.07) is 17.6. The number of methoxy groups -OCH3 is 1. The second kappa shape index (κ2) is 10.2. The van der Waals surface area contributed by atoms with Crippen molar-refractivity contribution in [2.75, 3.05) is 20.2 Å². The molecule has 2 aromatic carbocycles. The van der Waals surface area contributed by atoms with Gasteiger partial charge in [0.25, 0.3) is 0 Å². The maximum absolute atomic E-state index is 12.8. The van der Waals surface area contributed by atoms with Crippen molar-refractivity contribution in [2.24, 2.45) is 0 Å². The highest BCUT2D eigenvalue weighted by Gasteiger charge is 2.21. The van der Waals surface area contributed by atoms with Crippen LogP contribution in [0.3, 0.4) is 0 Å². The fourth-order valence-electron chi connectivity index (χ4n) is 2.76. The predicted octanol–water partition coefficient (Wildman–Crippen LogP) is 2.66. The first kappa shape index (κ1) is 19.5. The molecule has 0 aliphatic carbocycles. The molecule has 0 spiro atoms. The third-order valence-electron chi connectivity index (χ3n) is 4.12. The van der Waals surface area contributed by atoms with Gasteiger partial charge in [-0.3, -0.25) is 9.59 Å². The average molecular weight is 354 g/mol. The third kappa shape index (κ3) is 6.24. The molecule has 5 nitrogen and oxygen atoms in total. The lowest BCUT2D eigenvalue weighted by molar-refractivity contribution is -0.122. The van der Waals surface area contributed by atoms with Crippen LogP contribution in [0.2, 0.25) is 0 Å². The lowest BCUT2D eigenvalue weighted by Gasteiger charge is -2.18. The van der Waals surface area contributed by atoms with Crippen molar-refractivity contribution < 1.29 is 14.3 Å². The molecule has 0 radical (unpaired) electrons. The number of rotatable bonds is 9. The molecule has 0 bridgehead atoms. The Balaban J connectivity index is 2.06. The monoisotopic (exact) mass is 354 g/mol. The van der Waals surface area contributed by atoms with E-state index in [9.17, 15) is 9.59 Å². The van der Waals surface area contributed by atoms with Gasteiger partial charge in [-0.25, -0.2) is 0 Å². The largest absolute Gasteiger partial charge is 0.497 e. The molecule has 2 rings (SSSR count). The van der Waals surface area contributed by atoms with Gasteiger partial charge in [-0.15, -0.1) is 0 Å². The molecule has 26 heavy (non-hydrogen) atoms. The first-order valence-corrected chi connectivity index (χ1v) is 8.80. The van der Waals surface area contributed by atoms with Crippen LogP contribution in [0, 0.1) is 0 Å². The van der Waals surface area contributed by atoms with E-state index in [1.54, 1.807) is 7.11 Å². The molecule has 0 saturated carbocycles. The Hall–Kier alpha value is -2.82. The Bertz CT molecular complexity index is 716. The van der Waals surface area contributed by atoms with Gasteiger partial charge in [-0.2, -0.15) is 0 Å². The van der Waals surface area contributed by atoms with Crippen LogP contribution in [-0.2, 0) is 16.0 Å². The highest BCUT2D eigenvalue weighted by atomic mass is 16.5. The summed E-state index contributed by atoms with van der Waals surface area (Å²) < 4.78 is 5.30. The lowest BCUT2D eigenvalue weighted by atomic mass is 9.91. The fourth-order valence-corrected chi connectivity index (χ4v) is 2.76. The summed E-state index contributed by atoms with van der Waals surface area (Å²) >= 11 is 0. The summed E-state index contributed by atoms with van der Waals surface area (Å²) in [6.07, 6.45) is 1.31. The number of carbonyl (C=O) groups excluding carboxylic acids is 2. The highest BCUT2D eigenvalue weighted by Crippen LogP contribution is 2.25. The van der Waals surface area contributed by atoms with Crippen LogP contribution >= 0.6 is 0 Å². The van der Waals surface area contributed by atoms with Crippen molar-refractivity contribution in [3.8, 4) is 5.75 Å². The van der Waals surface area contributed by atoms with E-state index in [1.165, 1.54) is 6.92 Å². The standard InChI is InChI=1S/C21H26N2O3/c1-16(24)22-12-7-13-23-21(25)20(14-17-8-4-3-5-9-17)18-10-6-11-19(15-18)26-2/h3-6,8-11,15,20H,7,12-14H2,1-2H3,(H,22,24)(H,23,25). The predicted molar refractivity (Wildman–Crippen MR) is 102 cm³/mol. The molecule has 0 saturated heterocycles. The summed E-state index contributed by atoms with van der Waals surface area (Å²) in [4.78, 5) is 23.7. The van der Waals surface area contributed by atoms with Crippen molar-refractivity contribution >= 4 is 11.8 Å². The Morgan fingerprint density at radius 3 is 2.42 bits per heavy atom. The van der Waals surface area contributed by atoms with Crippen LogP contribution in [0.1, 0.15) is 30.4 Å². The Morgan fingerprint density at radius 2 is 1.73 bits per heavy atom. The SMILES string of the molecule is COc1cccc(C(Cc2ccccc2)C(=O)NCCCNC(C)=O)c1. The van der Waals surface area contributed by atoms with E-state index < -0.39 is 0 Å². The number of carbonyl (C=O) groups is 2. The quantitative estimate of drug-likeness (QED) is 0.681. The summed E-state index contributed by atoms with van der Waals surface area (Å²) in [5, 5.41) is 5.71. The normalized spacial score (nSPS) is 11.5. The van der Waals surface area contributed by atoms with Crippen LogP contribution in [0.5, 0.6) is 5.75 Å². The number of amides is 2. The molecule has 2 amide bonds. The third-order valence-corrected chi connectivity index (χ3v) is 4.12. The zero-order chi connectivity index (χ0) is 18.8. The van der Waals surface area contributed by atoms with Crippen molar-refractivity contribution in [2.45, 2.75) is 25.7 Å². The minimum Gasteiger partial charge on any atom is -0.497 e. The first-order chi connectivity index (χ1) is 12.6. The van der Waals surface area contributed by atoms with Gasteiger partial charge in [-0.1, -0.05) is 42.5 Å². The first-order valence-electron chi connectivity index (χ1n) is 8.80. The number of nitrogens with one attached hydrogen (secondary N) is 2. The van der Waals surface area contributed by atoms with Crippen LogP contribution in [0.25, 0.3) is 0 Å². The fraction of sp³-hybridized carbons (Fsp3) is 0.333. The van der Waals surface area contributed by atoms with E-state index in [0.29, 0.717) is 25.9 Å². The van der Waals surface area contributed by atoms with Gasteiger partial charge in [0, 0.05) is 20.0 Å². The molecule has 0 aliphatic heterocycles. The van der Waals surface area contributed by atoms with Gasteiger partial charge >= 0.3 is 0 Å². The molecule has 5 heteroatoms. The average Bonchev–Trinajstić information content (AvgIpc) is 2.66. The summed E-state index contributed by atoms with van der Waals surface area (Å²) in [6.45, 7) is 2.56. The highest BCUT2D eigenvalue weighted by molar-refractivity contribution is 5.84. The van der Waals surface area contributed by atoms with Crippen molar-refractivity contribution in [3.63, 3.8) is 0 Å². The van der Waals surface area contributed by atoms with Crippen LogP contribution in [-0.4, -0.2) is 32.0 Å². The molecule has 0 fully saturated rings. The molecule has 0 aromatic heterocycles. The number of ether oxygens (including phenoxy) is 1. The summed E-state index contributed by atoms with van der Waals surface area (Å²) in [7, 11) is 1.62. The van der Waals surface area contributed by atoms with E-state index >= 15 is 0 Å². The molecule has 138 valence electrons. The van der Waals surface area contributed by atoms with E-state index in [-0.39, 0.29) is 17.7 Å². The number of hydrogen-bond acceptors (Lipinski definition) is 3. The van der Waals surface area contributed by atoms with Crippen molar-refractivity contribution in [1.29, 1.82) is 0 Å². The van der Waals surface area contributed by atoms with Gasteiger partial charge in [0.2, 0.25) is 11.8 Å². The Kier molecular flexibility index (Phi) is 7.68. The van der Waals surface area contributed by atoms with Crippen molar-refractivity contribution in [3.05, 3.63) is 65.7 Å². The molecular weight excluding hydrogens is 328 g/mol. The molecule has 1 atom stereocenters. The molecule has 2 aromatic rings. The Morgan fingerprint density at radius 1 is 1.00 bits per heavy atom. The Labute approximate surface area is 154 Å². The second-order valence-electron chi connectivity index (χ2n) is 6.15. The van der Waals surface area contributed by atoms with Gasteiger partial charge in [0.05, 0.1) is 13.0 Å². The van der Waals surface area contributed by atoms with Crippen LogP contribution in [0.4, 0.5) is 0 Å². The lowest BCUT2D eigenvalue weighted by Crippen LogP contribution is -2.33. The van der Waals surface area contributed by atoms with Gasteiger partial charge in [-0.05, 0) is 36.1 Å². The molecule has 2 N–H and O–H groups in total. The van der Waals surface area contributed by atoms with E-state index in [2.05, 4.69) is 10.6 Å². The second-order valence-corrected chi connectivity index (χ2v) is 6.15. The zero-order valence-corrected chi connectivity index (χ0v) is 15.3. The van der Waals surface area contributed by atoms with Gasteiger partial charge in [0.15, 0.2) is 0 Å². The minimum atomic E-state index is -0.298. The minimum absolute atomic E-state index is 0.0232. The van der Waals surface area contributed by atoms with Gasteiger partial charge < -0.3 is 15.4 Å². The van der Waals surface area contributed by atoms with E-state index in [1.807, 2.05) is 54.6 Å². The summed E-state index contributed by atoms with van der Waals surface area (Å²) in [5.41, 5.74) is 2.03. The maximum atomic E-state index is 12.8. The number of benzene rings is 2. The maximum Gasteiger partial charge on any atom is 0.227 e. The van der Waals surface area contributed by atoms with Crippen LogP contribution < -0.4 is 15.4 Å². The smallest absolute Gasteiger partial charge is 0.227 e. The topological polar surface area (TPSA) is 67.4 Å². The van der Waals surface area contributed by atoms with Crippen LogP contribution in [0.15, 0.2) is 54.6 Å². The van der Waals surface area contributed by atoms with Gasteiger partial charge in [0.1, 0.15) is 5.75 Å².